The van der Waals surface area contributed by atoms with Crippen LogP contribution in [0.25, 0.3) is 17.0 Å². The van der Waals surface area contributed by atoms with Gasteiger partial charge < -0.3 is 10.4 Å². The van der Waals surface area contributed by atoms with Crippen molar-refractivity contribution in [3.8, 4) is 11.4 Å². The lowest BCUT2D eigenvalue weighted by molar-refractivity contribution is 0.242. The molecule has 1 atom stereocenters. The molecule has 9 nitrogen and oxygen atoms in total. The first-order valence-electron chi connectivity index (χ1n) is 9.06. The summed E-state index contributed by atoms with van der Waals surface area (Å²) in [6.07, 6.45) is 6.27. The zero-order chi connectivity index (χ0) is 21.4. The average Bonchev–Trinajstić information content (AvgIpc) is 3.24. The number of aromatic amines is 1. The molecule has 2 rings (SSSR count). The predicted octanol–water partition coefficient (Wildman–Crippen LogP) is 1.39. The van der Waals surface area contributed by atoms with E-state index in [1.54, 1.807) is 18.2 Å². The first-order chi connectivity index (χ1) is 13.8. The summed E-state index contributed by atoms with van der Waals surface area (Å²) < 4.78 is 24.1. The molecule has 0 aliphatic carbocycles. The number of sulfonamides is 1. The highest BCUT2D eigenvalue weighted by atomic mass is 32.2. The Morgan fingerprint density at radius 1 is 1.41 bits per heavy atom. The highest BCUT2D eigenvalue weighted by Crippen LogP contribution is 2.32. The fourth-order valence-electron chi connectivity index (χ4n) is 2.73. The summed E-state index contributed by atoms with van der Waals surface area (Å²) in [5.74, 6) is 0.209. The Balaban J connectivity index is 2.44. The topological polar surface area (TPSA) is 147 Å². The Labute approximate surface area is 170 Å². The van der Waals surface area contributed by atoms with Gasteiger partial charge in [0, 0.05) is 18.2 Å². The molecule has 5 N–H and O–H groups in total. The van der Waals surface area contributed by atoms with Crippen molar-refractivity contribution in [2.45, 2.75) is 31.2 Å². The maximum Gasteiger partial charge on any atom is 0.238 e. The second kappa shape index (κ2) is 10.2. The maximum atomic E-state index is 12.1. The number of benzene rings is 1. The van der Waals surface area contributed by atoms with Crippen LogP contribution in [-0.4, -0.2) is 53.3 Å². The molecular weight excluding hydrogens is 392 g/mol. The highest BCUT2D eigenvalue weighted by Gasteiger charge is 2.21. The molecule has 0 radical (unpaired) electrons. The van der Waals surface area contributed by atoms with Gasteiger partial charge in [-0.1, -0.05) is 43.9 Å². The van der Waals surface area contributed by atoms with E-state index >= 15 is 0 Å². The smallest absolute Gasteiger partial charge is 0.238 e. The fraction of sp³-hybridized carbons (Fsp3) is 0.316. The van der Waals surface area contributed by atoms with E-state index < -0.39 is 10.0 Å². The molecule has 156 valence electrons. The van der Waals surface area contributed by atoms with E-state index in [1.807, 2.05) is 26.0 Å². The molecule has 0 aliphatic rings. The van der Waals surface area contributed by atoms with Crippen molar-refractivity contribution in [1.29, 1.82) is 0 Å². The number of hydrogen-bond donors (Lipinski definition) is 4. The number of rotatable bonds is 10. The van der Waals surface area contributed by atoms with Gasteiger partial charge in [0.15, 0.2) is 5.82 Å². The Morgan fingerprint density at radius 2 is 2.17 bits per heavy atom. The van der Waals surface area contributed by atoms with Gasteiger partial charge in [0.05, 0.1) is 11.5 Å². The number of hydrogen-bond acceptors (Lipinski definition) is 7. The third kappa shape index (κ3) is 5.91. The lowest BCUT2D eigenvalue weighted by atomic mass is 9.99. The first-order valence-corrected chi connectivity index (χ1v) is 10.6. The van der Waals surface area contributed by atoms with Crippen LogP contribution in [0.2, 0.25) is 0 Å². The second-order valence-electron chi connectivity index (χ2n) is 6.44. The molecule has 1 aromatic heterocycles. The van der Waals surface area contributed by atoms with Gasteiger partial charge in [-0.15, -0.1) is 5.10 Å². The van der Waals surface area contributed by atoms with E-state index in [0.717, 1.165) is 17.6 Å². The molecule has 10 heteroatoms. The summed E-state index contributed by atoms with van der Waals surface area (Å²) in [5.41, 5.74) is 2.65. The van der Waals surface area contributed by atoms with Crippen LogP contribution in [-0.2, 0) is 10.0 Å². The van der Waals surface area contributed by atoms with E-state index in [-0.39, 0.29) is 23.4 Å². The van der Waals surface area contributed by atoms with Gasteiger partial charge in [0.1, 0.15) is 0 Å². The Morgan fingerprint density at radius 3 is 2.72 bits per heavy atom. The number of aromatic nitrogens is 4. The van der Waals surface area contributed by atoms with Crippen LogP contribution in [0.15, 0.2) is 53.5 Å². The van der Waals surface area contributed by atoms with Crippen LogP contribution in [0.1, 0.15) is 25.8 Å². The van der Waals surface area contributed by atoms with Gasteiger partial charge in [-0.2, -0.15) is 0 Å². The summed E-state index contributed by atoms with van der Waals surface area (Å²) >= 11 is 0. The van der Waals surface area contributed by atoms with Crippen LogP contribution < -0.4 is 10.5 Å². The van der Waals surface area contributed by atoms with Gasteiger partial charge >= 0.3 is 0 Å². The van der Waals surface area contributed by atoms with Crippen molar-refractivity contribution < 1.29 is 13.5 Å². The lowest BCUT2D eigenvalue weighted by Gasteiger charge is -2.14. The van der Waals surface area contributed by atoms with Crippen LogP contribution >= 0.6 is 0 Å². The van der Waals surface area contributed by atoms with Crippen molar-refractivity contribution in [3.05, 3.63) is 54.1 Å². The molecular formula is C19H26N6O3S. The SMILES string of the molecule is C=C/C(=C\C=C(/C)c1cccc(S(N)(=O)=O)c1-c1nnn[nH]1)CN[C@H](CC)CO. The summed E-state index contributed by atoms with van der Waals surface area (Å²) in [6.45, 7) is 8.27. The number of aliphatic hydroxyl groups is 1. The second-order valence-corrected chi connectivity index (χ2v) is 7.97. The maximum absolute atomic E-state index is 12.1. The van der Waals surface area contributed by atoms with Crippen LogP contribution in [0, 0.1) is 0 Å². The minimum absolute atomic E-state index is 0.0143. The number of aliphatic hydroxyl groups excluding tert-OH is 1. The Hall–Kier alpha value is -2.66. The van der Waals surface area contributed by atoms with Gasteiger partial charge in [-0.05, 0) is 46.5 Å². The summed E-state index contributed by atoms with van der Waals surface area (Å²) in [6, 6.07) is 4.82. The molecule has 1 heterocycles. The quantitative estimate of drug-likeness (QED) is 0.426. The largest absolute Gasteiger partial charge is 0.395 e. The van der Waals surface area contributed by atoms with Crippen LogP contribution in [0.5, 0.6) is 0 Å². The third-order valence-electron chi connectivity index (χ3n) is 4.46. The number of tetrazole rings is 1. The Kier molecular flexibility index (Phi) is 7.97. The molecule has 0 bridgehead atoms. The summed E-state index contributed by atoms with van der Waals surface area (Å²) in [7, 11) is -3.98. The molecule has 0 saturated carbocycles. The average molecular weight is 419 g/mol. The van der Waals surface area contributed by atoms with E-state index in [0.29, 0.717) is 17.7 Å². The third-order valence-corrected chi connectivity index (χ3v) is 5.41. The molecule has 0 saturated heterocycles. The van der Waals surface area contributed by atoms with Gasteiger partial charge in [-0.25, -0.2) is 18.7 Å². The lowest BCUT2D eigenvalue weighted by Crippen LogP contribution is -2.32. The Bertz CT molecular complexity index is 993. The molecule has 0 amide bonds. The van der Waals surface area contributed by atoms with Crippen LogP contribution in [0.4, 0.5) is 0 Å². The van der Waals surface area contributed by atoms with Crippen LogP contribution in [0.3, 0.4) is 0 Å². The van der Waals surface area contributed by atoms with Gasteiger partial charge in [0.2, 0.25) is 10.0 Å². The van der Waals surface area contributed by atoms with Crippen molar-refractivity contribution in [2.75, 3.05) is 13.2 Å². The molecule has 29 heavy (non-hydrogen) atoms. The van der Waals surface area contributed by atoms with Crippen molar-refractivity contribution in [2.24, 2.45) is 5.14 Å². The van der Waals surface area contributed by atoms with E-state index in [2.05, 4.69) is 32.5 Å². The zero-order valence-electron chi connectivity index (χ0n) is 16.5. The van der Waals surface area contributed by atoms with Gasteiger partial charge in [-0.3, -0.25) is 0 Å². The predicted molar refractivity (Wildman–Crippen MR) is 112 cm³/mol. The van der Waals surface area contributed by atoms with E-state index in [1.165, 1.54) is 6.07 Å². The monoisotopic (exact) mass is 418 g/mol. The number of primary sulfonamides is 1. The highest BCUT2D eigenvalue weighted by molar-refractivity contribution is 7.89. The number of nitrogens with two attached hydrogens (primary N) is 1. The molecule has 0 unspecified atom stereocenters. The minimum Gasteiger partial charge on any atom is -0.395 e. The molecule has 0 aliphatic heterocycles. The molecule has 0 spiro atoms. The normalized spacial score (nSPS) is 14.1. The number of H-pyrrole nitrogens is 1. The van der Waals surface area contributed by atoms with Crippen molar-refractivity contribution in [1.82, 2.24) is 25.9 Å². The molecule has 2 aromatic rings. The summed E-state index contributed by atoms with van der Waals surface area (Å²) in [5, 5.41) is 31.5. The fourth-order valence-corrected chi connectivity index (χ4v) is 3.49. The minimum atomic E-state index is -3.98. The zero-order valence-corrected chi connectivity index (χ0v) is 17.3. The summed E-state index contributed by atoms with van der Waals surface area (Å²) in [4.78, 5) is -0.0652. The number of nitrogens with one attached hydrogen (secondary N) is 2. The molecule has 0 fully saturated rings. The number of allylic oxidation sites excluding steroid dienone is 3. The molecule has 1 aromatic carbocycles. The van der Waals surface area contributed by atoms with Gasteiger partial charge in [0.25, 0.3) is 0 Å². The number of nitrogens with zero attached hydrogens (tertiary/aromatic N) is 3. The van der Waals surface area contributed by atoms with Crippen molar-refractivity contribution >= 4 is 15.6 Å². The van der Waals surface area contributed by atoms with E-state index in [9.17, 15) is 13.5 Å². The van der Waals surface area contributed by atoms with Crippen molar-refractivity contribution in [3.63, 3.8) is 0 Å². The first kappa shape index (κ1) is 22.6. The van der Waals surface area contributed by atoms with E-state index in [4.69, 9.17) is 5.14 Å². The standard InChI is InChI=1S/C19H26N6O3S/c1-4-14(11-21-15(5-2)12-26)10-9-13(3)16-7-6-8-17(29(20,27)28)18(16)19-22-24-25-23-19/h4,6-10,15,21,26H,1,5,11-12H2,2-3H3,(H2,20,27,28)(H,22,23,24,25)/b13-9+,14-10+/t15-/m1/s1.